The zero-order valence-electron chi connectivity index (χ0n) is 10.8. The predicted octanol–water partition coefficient (Wildman–Crippen LogP) is 3.25. The van der Waals surface area contributed by atoms with E-state index in [1.54, 1.807) is 11.8 Å². The third kappa shape index (κ3) is 4.56. The number of halogens is 1. The molecular weight excluding hydrogens is 280 g/mol. The van der Waals surface area contributed by atoms with E-state index in [2.05, 4.69) is 5.10 Å². The summed E-state index contributed by atoms with van der Waals surface area (Å²) in [7, 11) is 0. The Balaban J connectivity index is 1.81. The Hall–Kier alpha value is -0.970. The lowest BCUT2D eigenvalue weighted by atomic mass is 10.2. The molecule has 0 aliphatic rings. The molecule has 102 valence electrons. The van der Waals surface area contributed by atoms with Crippen molar-refractivity contribution in [2.45, 2.75) is 30.9 Å². The first-order valence-electron chi connectivity index (χ1n) is 6.25. The minimum Gasteiger partial charge on any atom is -0.392 e. The van der Waals surface area contributed by atoms with E-state index in [4.69, 9.17) is 11.6 Å². The molecule has 0 aliphatic carbocycles. The normalized spacial score (nSPS) is 12.6. The molecule has 1 aromatic heterocycles. The molecule has 0 aliphatic heterocycles. The van der Waals surface area contributed by atoms with Crippen molar-refractivity contribution in [1.82, 2.24) is 9.78 Å². The lowest BCUT2D eigenvalue weighted by Crippen LogP contribution is -2.13. The fraction of sp³-hybridized carbons (Fsp3) is 0.357. The average Bonchev–Trinajstić information content (AvgIpc) is 2.86. The van der Waals surface area contributed by atoms with Crippen molar-refractivity contribution in [2.24, 2.45) is 0 Å². The van der Waals surface area contributed by atoms with Crippen molar-refractivity contribution in [3.63, 3.8) is 0 Å². The van der Waals surface area contributed by atoms with Gasteiger partial charge in [0.1, 0.15) is 0 Å². The van der Waals surface area contributed by atoms with Crippen molar-refractivity contribution >= 4 is 23.4 Å². The number of thioether (sulfide) groups is 1. The molecule has 1 N–H and O–H groups in total. The van der Waals surface area contributed by atoms with E-state index in [9.17, 15) is 5.11 Å². The van der Waals surface area contributed by atoms with Crippen LogP contribution in [0.3, 0.4) is 0 Å². The van der Waals surface area contributed by atoms with E-state index >= 15 is 0 Å². The lowest BCUT2D eigenvalue weighted by molar-refractivity contribution is 0.200. The highest BCUT2D eigenvalue weighted by molar-refractivity contribution is 7.99. The summed E-state index contributed by atoms with van der Waals surface area (Å²) in [5, 5.41) is 14.9. The van der Waals surface area contributed by atoms with Gasteiger partial charge in [-0.3, -0.25) is 4.68 Å². The fourth-order valence-electron chi connectivity index (χ4n) is 1.74. The topological polar surface area (TPSA) is 38.0 Å². The highest BCUT2D eigenvalue weighted by atomic mass is 35.5. The molecule has 1 unspecified atom stereocenters. The van der Waals surface area contributed by atoms with Crippen molar-refractivity contribution in [3.05, 3.63) is 47.2 Å². The van der Waals surface area contributed by atoms with Gasteiger partial charge in [-0.2, -0.15) is 5.10 Å². The van der Waals surface area contributed by atoms with Crippen LogP contribution in [-0.4, -0.2) is 26.7 Å². The van der Waals surface area contributed by atoms with Gasteiger partial charge in [-0.1, -0.05) is 11.6 Å². The van der Waals surface area contributed by atoms with Crippen LogP contribution in [0.4, 0.5) is 0 Å². The molecule has 19 heavy (non-hydrogen) atoms. The Bertz CT molecular complexity index is 512. The van der Waals surface area contributed by atoms with Gasteiger partial charge in [0.15, 0.2) is 0 Å². The van der Waals surface area contributed by atoms with Crippen molar-refractivity contribution < 1.29 is 5.11 Å². The molecule has 5 heteroatoms. The smallest absolute Gasteiger partial charge is 0.0675 e. The summed E-state index contributed by atoms with van der Waals surface area (Å²) < 4.78 is 1.87. The number of hydrogen-bond acceptors (Lipinski definition) is 3. The second kappa shape index (κ2) is 6.98. The highest BCUT2D eigenvalue weighted by Crippen LogP contribution is 2.21. The van der Waals surface area contributed by atoms with Gasteiger partial charge in [0.05, 0.1) is 12.3 Å². The van der Waals surface area contributed by atoms with Gasteiger partial charge in [-0.25, -0.2) is 0 Å². The van der Waals surface area contributed by atoms with Crippen molar-refractivity contribution in [1.29, 1.82) is 0 Å². The molecule has 3 nitrogen and oxygen atoms in total. The Kier molecular flexibility index (Phi) is 5.31. The third-order valence-electron chi connectivity index (χ3n) is 2.74. The maximum absolute atomic E-state index is 10.0. The van der Waals surface area contributed by atoms with Crippen molar-refractivity contribution in [2.75, 3.05) is 5.75 Å². The van der Waals surface area contributed by atoms with Crippen LogP contribution in [0.5, 0.6) is 0 Å². The van der Waals surface area contributed by atoms with E-state index in [-0.39, 0.29) is 6.10 Å². The second-order valence-electron chi connectivity index (χ2n) is 4.33. The lowest BCUT2D eigenvalue weighted by Gasteiger charge is -2.08. The summed E-state index contributed by atoms with van der Waals surface area (Å²) in [5.74, 6) is 0.666. The van der Waals surface area contributed by atoms with Crippen LogP contribution in [-0.2, 0) is 13.0 Å². The van der Waals surface area contributed by atoms with E-state index in [0.717, 1.165) is 22.0 Å². The monoisotopic (exact) mass is 296 g/mol. The standard InChI is InChI=1S/C14H17ClN2OS/c1-2-17-9-11(8-16-17)7-13(18)10-19-14-5-3-12(15)4-6-14/h3-6,8-9,13,18H,2,7,10H2,1H3. The average molecular weight is 297 g/mol. The van der Waals surface area contributed by atoms with E-state index in [0.29, 0.717) is 12.2 Å². The van der Waals surface area contributed by atoms with Gasteiger partial charge in [0, 0.05) is 34.8 Å². The number of benzene rings is 1. The maximum Gasteiger partial charge on any atom is 0.0675 e. The fourth-order valence-corrected chi connectivity index (χ4v) is 2.70. The van der Waals surface area contributed by atoms with Crippen LogP contribution in [0.15, 0.2) is 41.6 Å². The maximum atomic E-state index is 10.0. The van der Waals surface area contributed by atoms with Gasteiger partial charge >= 0.3 is 0 Å². The number of aryl methyl sites for hydroxylation is 1. The Morgan fingerprint density at radius 3 is 2.74 bits per heavy atom. The molecule has 2 aromatic rings. The number of rotatable bonds is 6. The van der Waals surface area contributed by atoms with Gasteiger partial charge in [0.25, 0.3) is 0 Å². The summed E-state index contributed by atoms with van der Waals surface area (Å²) in [6, 6.07) is 7.66. The van der Waals surface area contributed by atoms with Crippen molar-refractivity contribution in [3.8, 4) is 0 Å². The first kappa shape index (κ1) is 14.4. The molecule has 2 rings (SSSR count). The minimum atomic E-state index is -0.366. The predicted molar refractivity (Wildman–Crippen MR) is 79.8 cm³/mol. The quantitative estimate of drug-likeness (QED) is 0.832. The molecule has 0 spiro atoms. The summed E-state index contributed by atoms with van der Waals surface area (Å²) in [4.78, 5) is 1.12. The summed E-state index contributed by atoms with van der Waals surface area (Å²) in [6.07, 6.45) is 4.08. The number of aliphatic hydroxyl groups is 1. The van der Waals surface area contributed by atoms with Gasteiger partial charge in [-0.05, 0) is 36.8 Å². The largest absolute Gasteiger partial charge is 0.392 e. The Labute approximate surface area is 122 Å². The zero-order valence-corrected chi connectivity index (χ0v) is 12.4. The molecular formula is C14H17ClN2OS. The number of aliphatic hydroxyl groups excluding tert-OH is 1. The highest BCUT2D eigenvalue weighted by Gasteiger charge is 2.08. The van der Waals surface area contributed by atoms with E-state index in [1.165, 1.54) is 0 Å². The van der Waals surface area contributed by atoms with Gasteiger partial charge < -0.3 is 5.11 Å². The summed E-state index contributed by atoms with van der Waals surface area (Å²) in [6.45, 7) is 2.90. The summed E-state index contributed by atoms with van der Waals surface area (Å²) in [5.41, 5.74) is 1.08. The molecule has 0 radical (unpaired) electrons. The molecule has 0 fully saturated rings. The van der Waals surface area contributed by atoms with Crippen LogP contribution in [0.1, 0.15) is 12.5 Å². The molecule has 0 saturated carbocycles. The minimum absolute atomic E-state index is 0.366. The van der Waals surface area contributed by atoms with E-state index in [1.807, 2.05) is 48.3 Å². The Morgan fingerprint density at radius 1 is 1.37 bits per heavy atom. The summed E-state index contributed by atoms with van der Waals surface area (Å²) >= 11 is 7.46. The van der Waals surface area contributed by atoms with Gasteiger partial charge in [-0.15, -0.1) is 11.8 Å². The first-order valence-corrected chi connectivity index (χ1v) is 7.61. The van der Waals surface area contributed by atoms with Crippen LogP contribution in [0.25, 0.3) is 0 Å². The number of nitrogens with zero attached hydrogens (tertiary/aromatic N) is 2. The molecule has 1 aromatic carbocycles. The second-order valence-corrected chi connectivity index (χ2v) is 5.86. The van der Waals surface area contributed by atoms with Crippen LogP contribution in [0.2, 0.25) is 5.02 Å². The van der Waals surface area contributed by atoms with Crippen LogP contribution < -0.4 is 0 Å². The molecule has 0 amide bonds. The van der Waals surface area contributed by atoms with Gasteiger partial charge in [0.2, 0.25) is 0 Å². The van der Waals surface area contributed by atoms with E-state index < -0.39 is 0 Å². The third-order valence-corrected chi connectivity index (χ3v) is 4.15. The molecule has 0 saturated heterocycles. The first-order chi connectivity index (χ1) is 9.17. The SMILES string of the molecule is CCn1cc(CC(O)CSc2ccc(Cl)cc2)cn1. The zero-order chi connectivity index (χ0) is 13.7. The van der Waals surface area contributed by atoms with Crippen LogP contribution in [0, 0.1) is 0 Å². The molecule has 1 heterocycles. The van der Waals surface area contributed by atoms with Crippen LogP contribution >= 0.6 is 23.4 Å². The Morgan fingerprint density at radius 2 is 2.11 bits per heavy atom. The number of aromatic nitrogens is 2. The number of hydrogen-bond donors (Lipinski definition) is 1. The molecule has 1 atom stereocenters. The molecule has 0 bridgehead atoms.